The van der Waals surface area contributed by atoms with Crippen LogP contribution in [0.3, 0.4) is 0 Å². The maximum atomic E-state index is 11.6. The molecule has 1 aromatic heterocycles. The van der Waals surface area contributed by atoms with Crippen LogP contribution in [0.1, 0.15) is 31.7 Å². The van der Waals surface area contributed by atoms with Crippen molar-refractivity contribution >= 4 is 10.0 Å². The number of nitrogens with zero attached hydrogens (tertiary/aromatic N) is 3. The fraction of sp³-hybridized carbons (Fsp3) is 0.733. The van der Waals surface area contributed by atoms with Crippen LogP contribution >= 0.6 is 0 Å². The van der Waals surface area contributed by atoms with Gasteiger partial charge in [0.15, 0.2) is 0 Å². The van der Waals surface area contributed by atoms with Crippen molar-refractivity contribution in [3.8, 4) is 0 Å². The molecule has 130 valence electrons. The number of aromatic nitrogens is 2. The second kappa shape index (κ2) is 9.27. The Morgan fingerprint density at radius 3 is 2.83 bits per heavy atom. The number of nitrogens with one attached hydrogen (secondary N) is 2. The van der Waals surface area contributed by atoms with Gasteiger partial charge < -0.3 is 5.32 Å². The number of hydrogen-bond donors (Lipinski definition) is 2. The largest absolute Gasteiger partial charge is 0.317 e. The van der Waals surface area contributed by atoms with Crippen molar-refractivity contribution in [1.82, 2.24) is 24.9 Å². The minimum absolute atomic E-state index is 0.118. The Morgan fingerprint density at radius 2 is 2.09 bits per heavy atom. The molecule has 0 aliphatic carbocycles. The van der Waals surface area contributed by atoms with E-state index in [-0.39, 0.29) is 5.75 Å². The highest BCUT2D eigenvalue weighted by molar-refractivity contribution is 7.89. The van der Waals surface area contributed by atoms with Gasteiger partial charge in [0, 0.05) is 43.6 Å². The summed E-state index contributed by atoms with van der Waals surface area (Å²) >= 11 is 0. The molecule has 2 heterocycles. The minimum Gasteiger partial charge on any atom is -0.317 e. The molecule has 0 spiro atoms. The minimum atomic E-state index is -3.14. The van der Waals surface area contributed by atoms with Crippen LogP contribution < -0.4 is 10.0 Å². The van der Waals surface area contributed by atoms with Crippen LogP contribution in [-0.4, -0.2) is 61.3 Å². The Labute approximate surface area is 138 Å². The summed E-state index contributed by atoms with van der Waals surface area (Å²) in [7, 11) is -3.14. The van der Waals surface area contributed by atoms with Gasteiger partial charge in [0.2, 0.25) is 10.0 Å². The van der Waals surface area contributed by atoms with Gasteiger partial charge in [-0.3, -0.25) is 4.90 Å². The normalized spacial score (nSPS) is 19.7. The molecule has 1 fully saturated rings. The Kier molecular flexibility index (Phi) is 7.35. The molecule has 1 aromatic rings. The SMILES string of the molecule is CCS(=O)(=O)NCCN(Cc1cncnc1)C1CCCNCC1. The highest BCUT2D eigenvalue weighted by Crippen LogP contribution is 2.16. The number of sulfonamides is 1. The van der Waals surface area contributed by atoms with Crippen LogP contribution in [0.2, 0.25) is 0 Å². The van der Waals surface area contributed by atoms with E-state index in [9.17, 15) is 8.42 Å². The van der Waals surface area contributed by atoms with E-state index in [2.05, 4.69) is 24.9 Å². The maximum Gasteiger partial charge on any atom is 0.211 e. The van der Waals surface area contributed by atoms with Crippen LogP contribution in [0.15, 0.2) is 18.7 Å². The Bertz CT molecular complexity index is 544. The lowest BCUT2D eigenvalue weighted by molar-refractivity contribution is 0.176. The van der Waals surface area contributed by atoms with Crippen LogP contribution in [0, 0.1) is 0 Å². The van der Waals surface area contributed by atoms with Crippen LogP contribution in [0.4, 0.5) is 0 Å². The first-order valence-corrected chi connectivity index (χ1v) is 9.92. The summed E-state index contributed by atoms with van der Waals surface area (Å²) in [4.78, 5) is 10.5. The smallest absolute Gasteiger partial charge is 0.211 e. The second-order valence-electron chi connectivity index (χ2n) is 5.85. The fourth-order valence-electron chi connectivity index (χ4n) is 2.85. The molecule has 0 saturated carbocycles. The molecule has 8 heteroatoms. The van der Waals surface area contributed by atoms with Crippen molar-refractivity contribution in [3.63, 3.8) is 0 Å². The average molecular weight is 341 g/mol. The molecular formula is C15H27N5O2S. The molecule has 2 N–H and O–H groups in total. The van der Waals surface area contributed by atoms with Gasteiger partial charge in [-0.2, -0.15) is 0 Å². The van der Waals surface area contributed by atoms with E-state index in [1.807, 2.05) is 12.4 Å². The number of hydrogen-bond acceptors (Lipinski definition) is 6. The monoisotopic (exact) mass is 341 g/mol. The standard InChI is InChI=1S/C15H27N5O2S/c1-2-23(21,22)19-8-9-20(12-14-10-17-13-18-11-14)15-4-3-6-16-7-5-15/h10-11,13,15-16,19H,2-9,12H2,1H3. The van der Waals surface area contributed by atoms with E-state index in [0.717, 1.165) is 44.5 Å². The van der Waals surface area contributed by atoms with Crippen molar-refractivity contribution < 1.29 is 8.42 Å². The summed E-state index contributed by atoms with van der Waals surface area (Å²) in [5.74, 6) is 0.118. The second-order valence-corrected chi connectivity index (χ2v) is 7.95. The van der Waals surface area contributed by atoms with Gasteiger partial charge in [0.25, 0.3) is 0 Å². The third-order valence-electron chi connectivity index (χ3n) is 4.16. The van der Waals surface area contributed by atoms with Crippen LogP contribution in [-0.2, 0) is 16.6 Å². The molecule has 1 atom stereocenters. The predicted octanol–water partition coefficient (Wildman–Crippen LogP) is 0.360. The summed E-state index contributed by atoms with van der Waals surface area (Å²) in [6.45, 7) is 5.60. The molecule has 0 aromatic carbocycles. The van der Waals surface area contributed by atoms with Crippen molar-refractivity contribution in [3.05, 3.63) is 24.3 Å². The third kappa shape index (κ3) is 6.50. The molecular weight excluding hydrogens is 314 g/mol. The van der Waals surface area contributed by atoms with Gasteiger partial charge in [-0.25, -0.2) is 23.1 Å². The molecule has 1 aliphatic heterocycles. The Balaban J connectivity index is 1.98. The summed E-state index contributed by atoms with van der Waals surface area (Å²) < 4.78 is 25.9. The molecule has 1 aliphatic rings. The molecule has 1 unspecified atom stereocenters. The first-order chi connectivity index (χ1) is 11.1. The van der Waals surface area contributed by atoms with Crippen LogP contribution in [0.5, 0.6) is 0 Å². The summed E-state index contributed by atoms with van der Waals surface area (Å²) in [5, 5.41) is 3.42. The quantitative estimate of drug-likeness (QED) is 0.710. The van der Waals surface area contributed by atoms with Gasteiger partial charge in [-0.1, -0.05) is 0 Å². The Morgan fingerprint density at radius 1 is 1.30 bits per heavy atom. The van der Waals surface area contributed by atoms with Crippen molar-refractivity contribution in [2.45, 2.75) is 38.8 Å². The first-order valence-electron chi connectivity index (χ1n) is 8.26. The lowest BCUT2D eigenvalue weighted by Crippen LogP contribution is -2.41. The molecule has 23 heavy (non-hydrogen) atoms. The highest BCUT2D eigenvalue weighted by atomic mass is 32.2. The van der Waals surface area contributed by atoms with E-state index in [4.69, 9.17) is 0 Å². The van der Waals surface area contributed by atoms with Crippen molar-refractivity contribution in [1.29, 1.82) is 0 Å². The van der Waals surface area contributed by atoms with E-state index in [1.54, 1.807) is 6.92 Å². The first kappa shape index (κ1) is 18.3. The van der Waals surface area contributed by atoms with E-state index in [0.29, 0.717) is 19.1 Å². The molecule has 1 saturated heterocycles. The molecule has 0 radical (unpaired) electrons. The van der Waals surface area contributed by atoms with Gasteiger partial charge in [-0.15, -0.1) is 0 Å². The highest BCUT2D eigenvalue weighted by Gasteiger charge is 2.20. The molecule has 2 rings (SSSR count). The average Bonchev–Trinajstić information content (AvgIpc) is 2.84. The third-order valence-corrected chi connectivity index (χ3v) is 5.57. The molecule has 7 nitrogen and oxygen atoms in total. The maximum absolute atomic E-state index is 11.6. The summed E-state index contributed by atoms with van der Waals surface area (Å²) in [6.07, 6.45) is 8.53. The lowest BCUT2D eigenvalue weighted by Gasteiger charge is -2.31. The summed E-state index contributed by atoms with van der Waals surface area (Å²) in [6, 6.07) is 0.455. The lowest BCUT2D eigenvalue weighted by atomic mass is 10.1. The van der Waals surface area contributed by atoms with E-state index >= 15 is 0 Å². The zero-order valence-corrected chi connectivity index (χ0v) is 14.6. The molecule has 0 bridgehead atoms. The van der Waals surface area contributed by atoms with E-state index in [1.165, 1.54) is 6.33 Å². The zero-order valence-electron chi connectivity index (χ0n) is 13.7. The van der Waals surface area contributed by atoms with Crippen molar-refractivity contribution in [2.75, 3.05) is 31.9 Å². The van der Waals surface area contributed by atoms with Gasteiger partial charge >= 0.3 is 0 Å². The Hall–Kier alpha value is -1.09. The summed E-state index contributed by atoms with van der Waals surface area (Å²) in [5.41, 5.74) is 1.06. The fourth-order valence-corrected chi connectivity index (χ4v) is 3.46. The topological polar surface area (TPSA) is 87.2 Å². The van der Waals surface area contributed by atoms with E-state index < -0.39 is 10.0 Å². The predicted molar refractivity (Wildman–Crippen MR) is 90.4 cm³/mol. The zero-order chi connectivity index (χ0) is 16.5. The van der Waals surface area contributed by atoms with Gasteiger partial charge in [0.1, 0.15) is 6.33 Å². The van der Waals surface area contributed by atoms with Crippen molar-refractivity contribution in [2.24, 2.45) is 0 Å². The van der Waals surface area contributed by atoms with Crippen LogP contribution in [0.25, 0.3) is 0 Å². The van der Waals surface area contributed by atoms with Gasteiger partial charge in [0.05, 0.1) is 5.75 Å². The number of rotatable bonds is 8. The van der Waals surface area contributed by atoms with Gasteiger partial charge in [-0.05, 0) is 39.3 Å². The molecule has 0 amide bonds.